The third kappa shape index (κ3) is 5.87. The number of fused-ring (bicyclic) bond motifs is 1. The van der Waals surface area contributed by atoms with Gasteiger partial charge in [0.2, 0.25) is 0 Å². The fourth-order valence-electron chi connectivity index (χ4n) is 3.54. The first-order valence-corrected chi connectivity index (χ1v) is 10.4. The number of piperidine rings is 1. The van der Waals surface area contributed by atoms with E-state index in [1.165, 1.54) is 5.39 Å². The average Bonchev–Trinajstić information content (AvgIpc) is 2.99. The molecular formula is C25H30N4O2. The molecule has 2 aromatic carbocycles. The number of methoxy groups -OCH3 is 1. The first-order chi connectivity index (χ1) is 16.1. The lowest BCUT2D eigenvalue weighted by Gasteiger charge is -2.39. The maximum Gasteiger partial charge on any atom is 0.264 e. The SMILES string of the molecule is N#Cc1ccc2ccccc2c1.[2H]C([2H])([2H])OC1(C)CCN(C2=CC(=O)NNC(CC)=C2)CC1. The highest BCUT2D eigenvalue weighted by atomic mass is 16.5. The van der Waals surface area contributed by atoms with Crippen molar-refractivity contribution in [1.82, 2.24) is 15.8 Å². The largest absolute Gasteiger partial charge is 0.378 e. The van der Waals surface area contributed by atoms with Crippen molar-refractivity contribution in [2.75, 3.05) is 20.1 Å². The number of rotatable bonds is 3. The Morgan fingerprint density at radius 1 is 1.16 bits per heavy atom. The van der Waals surface area contributed by atoms with Crippen molar-refractivity contribution < 1.29 is 13.6 Å². The van der Waals surface area contributed by atoms with Crippen LogP contribution in [0.2, 0.25) is 0 Å². The third-order valence-electron chi connectivity index (χ3n) is 5.64. The van der Waals surface area contributed by atoms with Crippen LogP contribution in [-0.2, 0) is 9.53 Å². The summed E-state index contributed by atoms with van der Waals surface area (Å²) in [4.78, 5) is 13.8. The van der Waals surface area contributed by atoms with Crippen LogP contribution in [0.15, 0.2) is 66.0 Å². The van der Waals surface area contributed by atoms with Gasteiger partial charge >= 0.3 is 0 Å². The number of likely N-dealkylation sites (tertiary alicyclic amines) is 1. The van der Waals surface area contributed by atoms with E-state index in [9.17, 15) is 4.79 Å². The standard InChI is InChI=1S/C14H23N3O2.C11H7N/c1-4-11-9-12(10-13(18)16-15-11)17-7-5-14(2,19-3)6-8-17;12-8-9-5-6-10-3-1-2-4-11(10)7-9/h9-10,15H,4-8H2,1-3H3,(H,16,18);1-7H/i3D3;. The zero-order valence-electron chi connectivity index (χ0n) is 20.9. The molecule has 0 unspecified atom stereocenters. The number of allylic oxidation sites excluding steroid dienone is 2. The molecule has 0 radical (unpaired) electrons. The molecular weight excluding hydrogens is 388 g/mol. The average molecular weight is 422 g/mol. The number of nitriles is 1. The van der Waals surface area contributed by atoms with Gasteiger partial charge in [-0.15, -0.1) is 0 Å². The molecule has 2 heterocycles. The van der Waals surface area contributed by atoms with Crippen LogP contribution < -0.4 is 10.9 Å². The van der Waals surface area contributed by atoms with E-state index in [1.807, 2.05) is 62.4 Å². The van der Waals surface area contributed by atoms with Crippen LogP contribution in [-0.4, -0.2) is 36.5 Å². The van der Waals surface area contributed by atoms with Gasteiger partial charge in [-0.2, -0.15) is 5.26 Å². The topological polar surface area (TPSA) is 77.4 Å². The minimum Gasteiger partial charge on any atom is -0.378 e. The molecule has 31 heavy (non-hydrogen) atoms. The van der Waals surface area contributed by atoms with Gasteiger partial charge in [-0.3, -0.25) is 10.2 Å². The maximum atomic E-state index is 11.7. The molecule has 2 aliphatic rings. The van der Waals surface area contributed by atoms with E-state index in [0.717, 1.165) is 23.2 Å². The van der Waals surface area contributed by atoms with Crippen molar-refractivity contribution in [3.05, 3.63) is 71.6 Å². The molecule has 0 saturated carbocycles. The lowest BCUT2D eigenvalue weighted by molar-refractivity contribution is -0.117. The summed E-state index contributed by atoms with van der Waals surface area (Å²) in [5.74, 6) is -0.193. The van der Waals surface area contributed by atoms with Crippen molar-refractivity contribution in [1.29, 1.82) is 5.26 Å². The van der Waals surface area contributed by atoms with E-state index >= 15 is 0 Å². The number of carbonyl (C=O) groups excluding carboxylic acids is 1. The molecule has 1 amide bonds. The highest BCUT2D eigenvalue weighted by Gasteiger charge is 2.30. The summed E-state index contributed by atoms with van der Waals surface area (Å²) >= 11 is 0. The molecule has 0 spiro atoms. The Hall–Kier alpha value is -3.30. The van der Waals surface area contributed by atoms with Crippen LogP contribution in [0.5, 0.6) is 0 Å². The molecule has 1 saturated heterocycles. The zero-order valence-corrected chi connectivity index (χ0v) is 17.9. The van der Waals surface area contributed by atoms with Gasteiger partial charge in [0.1, 0.15) is 0 Å². The Morgan fingerprint density at radius 3 is 2.58 bits per heavy atom. The summed E-state index contributed by atoms with van der Waals surface area (Å²) in [7, 11) is -2.38. The van der Waals surface area contributed by atoms with E-state index in [2.05, 4.69) is 21.8 Å². The van der Waals surface area contributed by atoms with Gasteiger partial charge in [-0.05, 0) is 55.2 Å². The highest BCUT2D eigenvalue weighted by molar-refractivity contribution is 5.88. The van der Waals surface area contributed by atoms with Gasteiger partial charge in [-0.1, -0.05) is 37.3 Å². The van der Waals surface area contributed by atoms with Gasteiger partial charge in [0.15, 0.2) is 0 Å². The molecule has 0 atom stereocenters. The van der Waals surface area contributed by atoms with Crippen LogP contribution in [0, 0.1) is 11.3 Å². The Balaban J connectivity index is 0.000000226. The lowest BCUT2D eigenvalue weighted by Crippen LogP contribution is -2.43. The van der Waals surface area contributed by atoms with E-state index in [4.69, 9.17) is 14.1 Å². The Labute approximate surface area is 188 Å². The second-order valence-corrected chi connectivity index (χ2v) is 7.92. The monoisotopic (exact) mass is 421 g/mol. The maximum absolute atomic E-state index is 11.7. The molecule has 2 N–H and O–H groups in total. The predicted octanol–water partition coefficient (Wildman–Crippen LogP) is 4.01. The molecule has 4 rings (SSSR count). The zero-order chi connectivity index (χ0) is 24.8. The van der Waals surface area contributed by atoms with E-state index in [0.29, 0.717) is 31.5 Å². The Kier molecular flexibility index (Phi) is 6.04. The van der Waals surface area contributed by atoms with Gasteiger partial charge in [0, 0.05) is 37.6 Å². The summed E-state index contributed by atoms with van der Waals surface area (Å²) < 4.78 is 27.0. The number of nitrogens with one attached hydrogen (secondary N) is 2. The normalized spacial score (nSPS) is 19.6. The van der Waals surface area contributed by atoms with Crippen molar-refractivity contribution in [2.24, 2.45) is 0 Å². The molecule has 6 nitrogen and oxygen atoms in total. The van der Waals surface area contributed by atoms with E-state index in [-0.39, 0.29) is 5.91 Å². The van der Waals surface area contributed by atoms with Gasteiger partial charge < -0.3 is 15.1 Å². The smallest absolute Gasteiger partial charge is 0.264 e. The molecule has 0 bridgehead atoms. The summed E-state index contributed by atoms with van der Waals surface area (Å²) in [6.45, 7) is 5.14. The highest BCUT2D eigenvalue weighted by Crippen LogP contribution is 2.27. The summed E-state index contributed by atoms with van der Waals surface area (Å²) in [6, 6.07) is 15.8. The quantitative estimate of drug-likeness (QED) is 0.783. The number of nitrogens with zero attached hydrogens (tertiary/aromatic N) is 2. The van der Waals surface area contributed by atoms with Gasteiger partial charge in [0.25, 0.3) is 5.91 Å². The molecule has 1 fully saturated rings. The van der Waals surface area contributed by atoms with Crippen LogP contribution in [0.3, 0.4) is 0 Å². The second kappa shape index (κ2) is 10.1. The van der Waals surface area contributed by atoms with E-state index in [1.54, 1.807) is 6.08 Å². The first kappa shape index (κ1) is 18.5. The number of hydrogen-bond acceptors (Lipinski definition) is 5. The second-order valence-electron chi connectivity index (χ2n) is 7.92. The fraction of sp³-hybridized carbons (Fsp3) is 0.360. The molecule has 2 aliphatic heterocycles. The van der Waals surface area contributed by atoms with Gasteiger partial charge in [-0.25, -0.2) is 0 Å². The van der Waals surface area contributed by atoms with Crippen molar-refractivity contribution in [2.45, 2.75) is 38.7 Å². The molecule has 2 aromatic rings. The lowest BCUT2D eigenvalue weighted by atomic mass is 9.93. The van der Waals surface area contributed by atoms with Crippen LogP contribution in [0.4, 0.5) is 0 Å². The molecule has 6 heteroatoms. The summed E-state index contributed by atoms with van der Waals surface area (Å²) in [6.07, 6.45) is 5.50. The summed E-state index contributed by atoms with van der Waals surface area (Å²) in [5.41, 5.74) is 7.33. The van der Waals surface area contributed by atoms with Crippen LogP contribution in [0.25, 0.3) is 10.8 Å². The molecule has 0 aliphatic carbocycles. The minimum absolute atomic E-state index is 0.193. The Morgan fingerprint density at radius 2 is 1.90 bits per heavy atom. The van der Waals surface area contributed by atoms with Crippen molar-refractivity contribution in [3.63, 3.8) is 0 Å². The number of hydrogen-bond donors (Lipinski definition) is 2. The van der Waals surface area contributed by atoms with Crippen LogP contribution >= 0.6 is 0 Å². The number of ether oxygens (including phenoxy) is 1. The number of hydrazine groups is 1. The van der Waals surface area contributed by atoms with Crippen molar-refractivity contribution >= 4 is 16.7 Å². The summed E-state index contributed by atoms with van der Waals surface area (Å²) in [5, 5.41) is 10.9. The number of benzene rings is 2. The Bertz CT molecular complexity index is 1130. The third-order valence-corrected chi connectivity index (χ3v) is 5.64. The minimum atomic E-state index is -2.38. The predicted molar refractivity (Wildman–Crippen MR) is 123 cm³/mol. The first-order valence-electron chi connectivity index (χ1n) is 11.9. The van der Waals surface area contributed by atoms with E-state index < -0.39 is 12.6 Å². The molecule has 0 aromatic heterocycles. The number of carbonyl (C=O) groups is 1. The molecule has 162 valence electrons. The van der Waals surface area contributed by atoms with Crippen LogP contribution in [0.1, 0.15) is 42.8 Å². The van der Waals surface area contributed by atoms with Crippen molar-refractivity contribution in [3.8, 4) is 6.07 Å². The van der Waals surface area contributed by atoms with Gasteiger partial charge in [0.05, 0.1) is 21.3 Å². The number of amides is 1. The fourth-order valence-corrected chi connectivity index (χ4v) is 3.54.